The third-order valence-corrected chi connectivity index (χ3v) is 4.89. The Labute approximate surface area is 113 Å². The number of piperazine rings is 1. The van der Waals surface area contributed by atoms with Gasteiger partial charge in [-0.2, -0.15) is 0 Å². The number of nitrogens with zero attached hydrogens (tertiary/aromatic N) is 2. The molecule has 1 heterocycles. The zero-order chi connectivity index (χ0) is 13.0. The van der Waals surface area contributed by atoms with E-state index in [0.29, 0.717) is 5.41 Å². The van der Waals surface area contributed by atoms with Gasteiger partial charge in [0.15, 0.2) is 0 Å². The average molecular weight is 253 g/mol. The summed E-state index contributed by atoms with van der Waals surface area (Å²) in [5.41, 5.74) is 0.544. The van der Waals surface area contributed by atoms with Crippen LogP contribution in [0.1, 0.15) is 32.6 Å². The summed E-state index contributed by atoms with van der Waals surface area (Å²) in [4.78, 5) is 5.15. The molecule has 0 aromatic heterocycles. The van der Waals surface area contributed by atoms with E-state index >= 15 is 0 Å². The molecular weight excluding hydrogens is 222 g/mol. The molecule has 3 heteroatoms. The SMILES string of the molecule is CNCC1(CN2CCN(C)CC2)CCCC(C)C1. The molecule has 0 aromatic carbocycles. The van der Waals surface area contributed by atoms with Crippen LogP contribution < -0.4 is 5.32 Å². The van der Waals surface area contributed by atoms with Crippen LogP contribution in [0.4, 0.5) is 0 Å². The highest BCUT2D eigenvalue weighted by atomic mass is 15.2. The molecule has 2 unspecified atom stereocenters. The van der Waals surface area contributed by atoms with Gasteiger partial charge in [-0.25, -0.2) is 0 Å². The van der Waals surface area contributed by atoms with Crippen LogP contribution >= 0.6 is 0 Å². The van der Waals surface area contributed by atoms with Crippen LogP contribution in [0.5, 0.6) is 0 Å². The summed E-state index contributed by atoms with van der Waals surface area (Å²) < 4.78 is 0. The topological polar surface area (TPSA) is 18.5 Å². The molecule has 2 rings (SSSR count). The summed E-state index contributed by atoms with van der Waals surface area (Å²) in [5.74, 6) is 0.916. The maximum Gasteiger partial charge on any atom is 0.0110 e. The predicted molar refractivity (Wildman–Crippen MR) is 77.9 cm³/mol. The van der Waals surface area contributed by atoms with Crippen molar-refractivity contribution in [2.45, 2.75) is 32.6 Å². The molecule has 1 N–H and O–H groups in total. The Kier molecular flexibility index (Phi) is 5.05. The minimum absolute atomic E-state index is 0.544. The first-order valence-corrected chi connectivity index (χ1v) is 7.69. The van der Waals surface area contributed by atoms with Crippen LogP contribution in [0.25, 0.3) is 0 Å². The van der Waals surface area contributed by atoms with Crippen LogP contribution in [-0.2, 0) is 0 Å². The molecule has 2 fully saturated rings. The fraction of sp³-hybridized carbons (Fsp3) is 1.00. The number of likely N-dealkylation sites (N-methyl/N-ethyl adjacent to an activating group) is 1. The quantitative estimate of drug-likeness (QED) is 0.822. The first kappa shape index (κ1) is 14.3. The van der Waals surface area contributed by atoms with Crippen LogP contribution in [0, 0.1) is 11.3 Å². The fourth-order valence-electron chi connectivity index (χ4n) is 3.98. The third kappa shape index (κ3) is 3.69. The Morgan fingerprint density at radius 2 is 1.94 bits per heavy atom. The van der Waals surface area contributed by atoms with E-state index in [4.69, 9.17) is 0 Å². The number of hydrogen-bond acceptors (Lipinski definition) is 3. The van der Waals surface area contributed by atoms with Gasteiger partial charge in [-0.1, -0.05) is 19.8 Å². The highest BCUT2D eigenvalue weighted by molar-refractivity contribution is 4.90. The Balaban J connectivity index is 1.92. The molecule has 106 valence electrons. The van der Waals surface area contributed by atoms with E-state index in [-0.39, 0.29) is 0 Å². The Bertz CT molecular complexity index is 244. The minimum atomic E-state index is 0.544. The fourth-order valence-corrected chi connectivity index (χ4v) is 3.98. The largest absolute Gasteiger partial charge is 0.319 e. The maximum atomic E-state index is 3.46. The van der Waals surface area contributed by atoms with E-state index in [0.717, 1.165) is 5.92 Å². The van der Waals surface area contributed by atoms with Crippen LogP contribution in [0.3, 0.4) is 0 Å². The highest BCUT2D eigenvalue weighted by Gasteiger charge is 2.36. The Hall–Kier alpha value is -0.120. The van der Waals surface area contributed by atoms with E-state index in [9.17, 15) is 0 Å². The minimum Gasteiger partial charge on any atom is -0.319 e. The number of hydrogen-bond donors (Lipinski definition) is 1. The lowest BCUT2D eigenvalue weighted by molar-refractivity contribution is 0.0562. The molecule has 3 nitrogen and oxygen atoms in total. The van der Waals surface area contributed by atoms with E-state index in [1.165, 1.54) is 65.0 Å². The maximum absolute atomic E-state index is 3.46. The Morgan fingerprint density at radius 3 is 2.56 bits per heavy atom. The molecule has 1 saturated heterocycles. The normalized spacial score (nSPS) is 35.8. The summed E-state index contributed by atoms with van der Waals surface area (Å²) in [6, 6.07) is 0. The molecule has 0 amide bonds. The summed E-state index contributed by atoms with van der Waals surface area (Å²) in [6.07, 6.45) is 5.70. The number of nitrogens with one attached hydrogen (secondary N) is 1. The van der Waals surface area contributed by atoms with Gasteiger partial charge in [0.1, 0.15) is 0 Å². The molecule has 0 aromatic rings. The van der Waals surface area contributed by atoms with Gasteiger partial charge in [0.25, 0.3) is 0 Å². The van der Waals surface area contributed by atoms with Crippen molar-refractivity contribution >= 4 is 0 Å². The van der Waals surface area contributed by atoms with Crippen molar-refractivity contribution in [1.29, 1.82) is 0 Å². The van der Waals surface area contributed by atoms with Crippen LogP contribution in [-0.4, -0.2) is 63.2 Å². The van der Waals surface area contributed by atoms with Gasteiger partial charge in [-0.15, -0.1) is 0 Å². The van der Waals surface area contributed by atoms with Gasteiger partial charge in [0.05, 0.1) is 0 Å². The lowest BCUT2D eigenvalue weighted by Gasteiger charge is -2.45. The van der Waals surface area contributed by atoms with Crippen molar-refractivity contribution in [1.82, 2.24) is 15.1 Å². The van der Waals surface area contributed by atoms with Gasteiger partial charge in [0.2, 0.25) is 0 Å². The van der Waals surface area contributed by atoms with Crippen molar-refractivity contribution in [2.24, 2.45) is 11.3 Å². The van der Waals surface area contributed by atoms with Crippen molar-refractivity contribution in [2.75, 3.05) is 53.4 Å². The summed E-state index contributed by atoms with van der Waals surface area (Å²) >= 11 is 0. The zero-order valence-corrected chi connectivity index (χ0v) is 12.5. The van der Waals surface area contributed by atoms with Gasteiger partial charge in [0, 0.05) is 39.3 Å². The molecule has 18 heavy (non-hydrogen) atoms. The van der Waals surface area contributed by atoms with Gasteiger partial charge in [-0.3, -0.25) is 0 Å². The lowest BCUT2D eigenvalue weighted by atomic mass is 9.69. The lowest BCUT2D eigenvalue weighted by Crippen LogP contribution is -2.51. The van der Waals surface area contributed by atoms with Gasteiger partial charge >= 0.3 is 0 Å². The highest BCUT2D eigenvalue weighted by Crippen LogP contribution is 2.39. The molecule has 1 aliphatic heterocycles. The van der Waals surface area contributed by atoms with E-state index in [2.05, 4.69) is 36.1 Å². The second kappa shape index (κ2) is 6.36. The zero-order valence-electron chi connectivity index (χ0n) is 12.5. The second-order valence-corrected chi connectivity index (χ2v) is 6.81. The summed E-state index contributed by atoms with van der Waals surface area (Å²) in [6.45, 7) is 9.95. The molecule has 0 bridgehead atoms. The smallest absolute Gasteiger partial charge is 0.0110 e. The average Bonchev–Trinajstić information content (AvgIpc) is 2.32. The molecule has 0 spiro atoms. The summed E-state index contributed by atoms with van der Waals surface area (Å²) in [5, 5.41) is 3.46. The van der Waals surface area contributed by atoms with E-state index < -0.39 is 0 Å². The van der Waals surface area contributed by atoms with Crippen LogP contribution in [0.15, 0.2) is 0 Å². The first-order chi connectivity index (χ1) is 8.63. The molecular formula is C15H31N3. The molecule has 0 radical (unpaired) electrons. The first-order valence-electron chi connectivity index (χ1n) is 7.69. The van der Waals surface area contributed by atoms with Crippen LogP contribution in [0.2, 0.25) is 0 Å². The van der Waals surface area contributed by atoms with E-state index in [1.54, 1.807) is 0 Å². The molecule has 1 aliphatic carbocycles. The summed E-state index contributed by atoms with van der Waals surface area (Å²) in [7, 11) is 4.36. The van der Waals surface area contributed by atoms with Crippen molar-refractivity contribution in [3.05, 3.63) is 0 Å². The second-order valence-electron chi connectivity index (χ2n) is 6.81. The predicted octanol–water partition coefficient (Wildman–Crippen LogP) is 1.65. The van der Waals surface area contributed by atoms with Crippen molar-refractivity contribution in [3.63, 3.8) is 0 Å². The van der Waals surface area contributed by atoms with Crippen molar-refractivity contribution in [3.8, 4) is 0 Å². The monoisotopic (exact) mass is 253 g/mol. The van der Waals surface area contributed by atoms with E-state index in [1.807, 2.05) is 0 Å². The van der Waals surface area contributed by atoms with Gasteiger partial charge in [-0.05, 0) is 38.3 Å². The van der Waals surface area contributed by atoms with Gasteiger partial charge < -0.3 is 15.1 Å². The molecule has 1 saturated carbocycles. The number of rotatable bonds is 4. The standard InChI is InChI=1S/C15H31N3/c1-14-5-4-6-15(11-14,12-16-2)13-18-9-7-17(3)8-10-18/h14,16H,4-13H2,1-3H3. The third-order valence-electron chi connectivity index (χ3n) is 4.89. The molecule has 2 aliphatic rings. The molecule has 2 atom stereocenters. The Morgan fingerprint density at radius 1 is 1.22 bits per heavy atom. The van der Waals surface area contributed by atoms with Crippen molar-refractivity contribution < 1.29 is 0 Å².